The molecule has 1 amide bonds. The highest BCUT2D eigenvalue weighted by Gasteiger charge is 2.22. The molecule has 0 aliphatic heterocycles. The van der Waals surface area contributed by atoms with E-state index in [1.807, 2.05) is 6.92 Å². The Labute approximate surface area is 121 Å². The van der Waals surface area contributed by atoms with E-state index in [2.05, 4.69) is 5.32 Å². The fraction of sp³-hybridized carbons (Fsp3) is 0.429. The molecule has 1 atom stereocenters. The second kappa shape index (κ2) is 7.85. The summed E-state index contributed by atoms with van der Waals surface area (Å²) in [5.41, 5.74) is 0.156. The van der Waals surface area contributed by atoms with Crippen LogP contribution in [0.2, 0.25) is 5.02 Å². The number of benzene rings is 1. The van der Waals surface area contributed by atoms with Crippen LogP contribution < -0.4 is 5.32 Å². The molecule has 1 aromatic rings. The van der Waals surface area contributed by atoms with Crippen LogP contribution in [0, 0.1) is 5.82 Å². The van der Waals surface area contributed by atoms with Crippen LogP contribution in [0.3, 0.4) is 0 Å². The fourth-order valence-corrected chi connectivity index (χ4v) is 1.87. The molecule has 6 heteroatoms. The Morgan fingerprint density at radius 3 is 2.65 bits per heavy atom. The number of unbranched alkanes of at least 4 members (excludes halogenated alkanes) is 2. The summed E-state index contributed by atoms with van der Waals surface area (Å²) in [7, 11) is 0. The second-order valence-corrected chi connectivity index (χ2v) is 4.88. The smallest absolute Gasteiger partial charge is 0.330 e. The number of carbonyl (C=O) groups is 2. The summed E-state index contributed by atoms with van der Waals surface area (Å²) in [4.78, 5) is 22.9. The molecule has 2 N–H and O–H groups in total. The van der Waals surface area contributed by atoms with E-state index in [4.69, 9.17) is 16.7 Å². The maximum absolute atomic E-state index is 13.4. The van der Waals surface area contributed by atoms with Crippen molar-refractivity contribution in [2.24, 2.45) is 0 Å². The summed E-state index contributed by atoms with van der Waals surface area (Å²) in [5, 5.41) is 11.4. The summed E-state index contributed by atoms with van der Waals surface area (Å²) in [6, 6.07) is 2.41. The van der Waals surface area contributed by atoms with Crippen LogP contribution in [0.25, 0.3) is 0 Å². The van der Waals surface area contributed by atoms with E-state index in [9.17, 15) is 14.0 Å². The molecule has 1 rings (SSSR count). The fourth-order valence-electron chi connectivity index (χ4n) is 1.75. The van der Waals surface area contributed by atoms with Crippen molar-refractivity contribution in [1.82, 2.24) is 5.32 Å². The number of carboxylic acid groups (broad SMARTS) is 1. The molecule has 0 saturated heterocycles. The van der Waals surface area contributed by atoms with Gasteiger partial charge in [-0.15, -0.1) is 0 Å². The van der Waals surface area contributed by atoms with Crippen LogP contribution >= 0.6 is 11.6 Å². The minimum Gasteiger partial charge on any atom is -0.479 e. The predicted octanol–water partition coefficient (Wildman–Crippen LogP) is 3.30. The molecular formula is C14H17ClFNO3. The second-order valence-electron chi connectivity index (χ2n) is 4.47. The molecule has 0 heterocycles. The summed E-state index contributed by atoms with van der Waals surface area (Å²) in [6.45, 7) is 2.01. The largest absolute Gasteiger partial charge is 0.479 e. The minimum absolute atomic E-state index is 0.0906. The zero-order chi connectivity index (χ0) is 15.1. The van der Waals surface area contributed by atoms with Gasteiger partial charge in [-0.3, -0.25) is 4.79 Å². The van der Waals surface area contributed by atoms with E-state index in [0.29, 0.717) is 6.42 Å². The molecular weight excluding hydrogens is 285 g/mol. The van der Waals surface area contributed by atoms with E-state index < -0.39 is 17.8 Å². The van der Waals surface area contributed by atoms with Gasteiger partial charge < -0.3 is 10.4 Å². The number of hydrogen-bond donors (Lipinski definition) is 2. The Morgan fingerprint density at radius 2 is 2.10 bits per heavy atom. The van der Waals surface area contributed by atoms with Crippen LogP contribution in [0.15, 0.2) is 18.2 Å². The van der Waals surface area contributed by atoms with Crippen LogP contribution in [0.1, 0.15) is 44.2 Å². The van der Waals surface area contributed by atoms with Gasteiger partial charge in [-0.25, -0.2) is 9.18 Å². The molecule has 0 saturated carbocycles. The number of carboxylic acids is 1. The van der Waals surface area contributed by atoms with Crippen molar-refractivity contribution in [3.8, 4) is 0 Å². The van der Waals surface area contributed by atoms with Gasteiger partial charge in [-0.2, -0.15) is 0 Å². The highest BCUT2D eigenvalue weighted by Crippen LogP contribution is 2.20. The zero-order valence-electron chi connectivity index (χ0n) is 11.2. The lowest BCUT2D eigenvalue weighted by atomic mass is 10.1. The standard InChI is InChI=1S/C14H17ClFNO3/c1-2-3-4-5-12(18)17-13(14(19)20)9-6-7-10(15)11(16)8-9/h6-8,13H,2-5H2,1H3,(H,17,18)(H,19,20). The summed E-state index contributed by atoms with van der Waals surface area (Å²) < 4.78 is 13.4. The van der Waals surface area contributed by atoms with Crippen molar-refractivity contribution in [3.05, 3.63) is 34.6 Å². The Morgan fingerprint density at radius 1 is 1.40 bits per heavy atom. The van der Waals surface area contributed by atoms with Gasteiger partial charge in [0.05, 0.1) is 5.02 Å². The topological polar surface area (TPSA) is 66.4 Å². The first kappa shape index (κ1) is 16.4. The van der Waals surface area contributed by atoms with Gasteiger partial charge in [-0.05, 0) is 24.1 Å². The monoisotopic (exact) mass is 301 g/mol. The molecule has 0 radical (unpaired) electrons. The molecule has 110 valence electrons. The SMILES string of the molecule is CCCCCC(=O)NC(C(=O)O)c1ccc(Cl)c(F)c1. The third-order valence-electron chi connectivity index (χ3n) is 2.84. The molecule has 0 spiro atoms. The van der Waals surface area contributed by atoms with Crippen LogP contribution in [0.5, 0.6) is 0 Å². The van der Waals surface area contributed by atoms with Crippen molar-refractivity contribution in [2.75, 3.05) is 0 Å². The quantitative estimate of drug-likeness (QED) is 0.759. The number of nitrogens with one attached hydrogen (secondary N) is 1. The molecule has 1 aromatic carbocycles. The third-order valence-corrected chi connectivity index (χ3v) is 3.14. The van der Waals surface area contributed by atoms with Gasteiger partial charge >= 0.3 is 5.97 Å². The predicted molar refractivity (Wildman–Crippen MR) is 74.1 cm³/mol. The molecule has 1 unspecified atom stereocenters. The van der Waals surface area contributed by atoms with Gasteiger partial charge in [0.2, 0.25) is 5.91 Å². The van der Waals surface area contributed by atoms with Crippen molar-refractivity contribution < 1.29 is 19.1 Å². The van der Waals surface area contributed by atoms with Crippen molar-refractivity contribution in [1.29, 1.82) is 0 Å². The lowest BCUT2D eigenvalue weighted by Crippen LogP contribution is -2.33. The molecule has 0 fully saturated rings. The minimum atomic E-state index is -1.27. The van der Waals surface area contributed by atoms with E-state index >= 15 is 0 Å². The van der Waals surface area contributed by atoms with Crippen LogP contribution in [-0.2, 0) is 9.59 Å². The summed E-state index contributed by atoms with van der Waals surface area (Å²) in [5.74, 6) is -2.31. The first-order valence-electron chi connectivity index (χ1n) is 6.42. The Balaban J connectivity index is 2.76. The van der Waals surface area contributed by atoms with Crippen LogP contribution in [-0.4, -0.2) is 17.0 Å². The summed E-state index contributed by atoms with van der Waals surface area (Å²) >= 11 is 5.55. The Kier molecular flexibility index (Phi) is 6.45. The lowest BCUT2D eigenvalue weighted by Gasteiger charge is -2.15. The lowest BCUT2D eigenvalue weighted by molar-refractivity contribution is -0.142. The Bertz CT molecular complexity index is 493. The van der Waals surface area contributed by atoms with Gasteiger partial charge in [0.25, 0.3) is 0 Å². The number of amides is 1. The number of hydrogen-bond acceptors (Lipinski definition) is 2. The van der Waals surface area contributed by atoms with Gasteiger partial charge in [-0.1, -0.05) is 37.4 Å². The highest BCUT2D eigenvalue weighted by molar-refractivity contribution is 6.30. The van der Waals surface area contributed by atoms with Crippen molar-refractivity contribution >= 4 is 23.5 Å². The van der Waals surface area contributed by atoms with Crippen LogP contribution in [0.4, 0.5) is 4.39 Å². The van der Waals surface area contributed by atoms with E-state index in [1.165, 1.54) is 12.1 Å². The molecule has 0 aliphatic rings. The van der Waals surface area contributed by atoms with Gasteiger partial charge in [0.15, 0.2) is 6.04 Å². The van der Waals surface area contributed by atoms with E-state index in [-0.39, 0.29) is 22.9 Å². The summed E-state index contributed by atoms with van der Waals surface area (Å²) in [6.07, 6.45) is 2.83. The van der Waals surface area contributed by atoms with Crippen molar-refractivity contribution in [2.45, 2.75) is 38.6 Å². The highest BCUT2D eigenvalue weighted by atomic mass is 35.5. The normalized spacial score (nSPS) is 11.9. The number of rotatable bonds is 7. The first-order chi connectivity index (χ1) is 9.45. The van der Waals surface area contributed by atoms with Crippen molar-refractivity contribution in [3.63, 3.8) is 0 Å². The van der Waals surface area contributed by atoms with E-state index in [0.717, 1.165) is 18.9 Å². The number of halogens is 2. The Hall–Kier alpha value is -1.62. The van der Waals surface area contributed by atoms with Gasteiger partial charge in [0.1, 0.15) is 5.82 Å². The zero-order valence-corrected chi connectivity index (χ0v) is 11.9. The third kappa shape index (κ3) is 4.81. The van der Waals surface area contributed by atoms with Gasteiger partial charge in [0, 0.05) is 6.42 Å². The maximum Gasteiger partial charge on any atom is 0.330 e. The molecule has 4 nitrogen and oxygen atoms in total. The first-order valence-corrected chi connectivity index (χ1v) is 6.80. The molecule has 0 bridgehead atoms. The maximum atomic E-state index is 13.4. The average molecular weight is 302 g/mol. The van der Waals surface area contributed by atoms with E-state index in [1.54, 1.807) is 0 Å². The molecule has 0 aromatic heterocycles. The number of carbonyl (C=O) groups excluding carboxylic acids is 1. The number of aliphatic carboxylic acids is 1. The average Bonchev–Trinajstić information content (AvgIpc) is 2.39. The molecule has 0 aliphatic carbocycles. The molecule has 20 heavy (non-hydrogen) atoms.